The molecule has 1 aliphatic rings. The number of hydrogen-bond donors (Lipinski definition) is 0. The lowest BCUT2D eigenvalue weighted by atomic mass is 10.2. The number of thiocarbonyl (C=S) groups is 1. The van der Waals surface area contributed by atoms with Crippen molar-refractivity contribution >= 4 is 40.3 Å². The van der Waals surface area contributed by atoms with Gasteiger partial charge in [-0.05, 0) is 23.8 Å². The second-order valence-corrected chi connectivity index (χ2v) is 5.91. The topological polar surface area (TPSA) is 29.5 Å². The van der Waals surface area contributed by atoms with E-state index in [1.807, 2.05) is 36.4 Å². The Bertz CT molecular complexity index is 618. The number of rotatable bonds is 5. The van der Waals surface area contributed by atoms with Gasteiger partial charge in [0.05, 0.1) is 12.0 Å². The van der Waals surface area contributed by atoms with Crippen molar-refractivity contribution in [2.45, 2.75) is 0 Å². The average molecular weight is 317 g/mol. The van der Waals surface area contributed by atoms with Crippen LogP contribution < -0.4 is 4.74 Å². The SMILES string of the molecule is C=CCN1C(=O)/C(=C\C=C\c2ccc(OC)cc2)SC1=S. The van der Waals surface area contributed by atoms with Gasteiger partial charge in [-0.15, -0.1) is 6.58 Å². The molecule has 1 aliphatic heterocycles. The van der Waals surface area contributed by atoms with Crippen molar-refractivity contribution in [3.05, 3.63) is 59.5 Å². The van der Waals surface area contributed by atoms with E-state index in [1.54, 1.807) is 24.2 Å². The highest BCUT2D eigenvalue weighted by atomic mass is 32.2. The quantitative estimate of drug-likeness (QED) is 0.471. The predicted octanol–water partition coefficient (Wildman–Crippen LogP) is 3.64. The number of methoxy groups -OCH3 is 1. The first-order valence-electron chi connectivity index (χ1n) is 6.32. The number of carbonyl (C=O) groups excluding carboxylic acids is 1. The lowest BCUT2D eigenvalue weighted by Crippen LogP contribution is -2.27. The van der Waals surface area contributed by atoms with Crippen LogP contribution in [0.2, 0.25) is 0 Å². The van der Waals surface area contributed by atoms with E-state index in [9.17, 15) is 4.79 Å². The fourth-order valence-corrected chi connectivity index (χ4v) is 2.99. The lowest BCUT2D eigenvalue weighted by molar-refractivity contribution is -0.121. The molecule has 2 rings (SSSR count). The van der Waals surface area contributed by atoms with Gasteiger partial charge in [0.15, 0.2) is 0 Å². The van der Waals surface area contributed by atoms with Gasteiger partial charge in [0.25, 0.3) is 5.91 Å². The molecule has 5 heteroatoms. The minimum Gasteiger partial charge on any atom is -0.497 e. The summed E-state index contributed by atoms with van der Waals surface area (Å²) in [6.07, 6.45) is 7.23. The largest absolute Gasteiger partial charge is 0.497 e. The normalized spacial score (nSPS) is 17.0. The van der Waals surface area contributed by atoms with Crippen LogP contribution in [0.4, 0.5) is 0 Å². The van der Waals surface area contributed by atoms with Gasteiger partial charge in [-0.3, -0.25) is 9.69 Å². The Hall–Kier alpha value is -1.85. The molecule has 1 heterocycles. The number of benzene rings is 1. The second kappa shape index (κ2) is 7.24. The number of ether oxygens (including phenoxy) is 1. The molecular formula is C16H15NO2S2. The fraction of sp³-hybridized carbons (Fsp3) is 0.125. The van der Waals surface area contributed by atoms with Crippen molar-refractivity contribution in [2.24, 2.45) is 0 Å². The van der Waals surface area contributed by atoms with Gasteiger partial charge in [-0.25, -0.2) is 0 Å². The minimum absolute atomic E-state index is 0.0655. The van der Waals surface area contributed by atoms with Crippen molar-refractivity contribution < 1.29 is 9.53 Å². The molecule has 21 heavy (non-hydrogen) atoms. The first-order chi connectivity index (χ1) is 10.2. The standard InChI is InChI=1S/C16H15NO2S2/c1-3-11-17-15(18)14(21-16(17)20)6-4-5-12-7-9-13(19-2)10-8-12/h3-10H,1,11H2,2H3/b5-4+,14-6+. The Morgan fingerprint density at radius 3 is 2.71 bits per heavy atom. The third kappa shape index (κ3) is 3.83. The van der Waals surface area contributed by atoms with Crippen LogP contribution in [0.5, 0.6) is 5.75 Å². The molecule has 0 saturated carbocycles. The van der Waals surface area contributed by atoms with E-state index >= 15 is 0 Å². The van der Waals surface area contributed by atoms with Crippen molar-refractivity contribution in [3.63, 3.8) is 0 Å². The number of allylic oxidation sites excluding steroid dienone is 2. The molecule has 0 bridgehead atoms. The molecular weight excluding hydrogens is 302 g/mol. The molecule has 0 radical (unpaired) electrons. The monoisotopic (exact) mass is 317 g/mol. The summed E-state index contributed by atoms with van der Waals surface area (Å²) in [5.41, 5.74) is 1.04. The minimum atomic E-state index is -0.0655. The molecule has 1 fully saturated rings. The highest BCUT2D eigenvalue weighted by Crippen LogP contribution is 2.30. The maximum absolute atomic E-state index is 12.1. The summed E-state index contributed by atoms with van der Waals surface area (Å²) in [4.78, 5) is 14.3. The van der Waals surface area contributed by atoms with Crippen LogP contribution in [0, 0.1) is 0 Å². The van der Waals surface area contributed by atoms with Gasteiger partial charge in [0, 0.05) is 6.54 Å². The molecule has 1 aromatic rings. The van der Waals surface area contributed by atoms with E-state index in [2.05, 4.69) is 6.58 Å². The van der Waals surface area contributed by atoms with E-state index in [-0.39, 0.29) is 5.91 Å². The summed E-state index contributed by atoms with van der Waals surface area (Å²) in [5.74, 6) is 0.752. The second-order valence-electron chi connectivity index (χ2n) is 4.24. The smallest absolute Gasteiger partial charge is 0.266 e. The summed E-state index contributed by atoms with van der Waals surface area (Å²) >= 11 is 6.49. The highest BCUT2D eigenvalue weighted by Gasteiger charge is 2.30. The molecule has 0 aromatic heterocycles. The highest BCUT2D eigenvalue weighted by molar-refractivity contribution is 8.26. The van der Waals surface area contributed by atoms with Gasteiger partial charge in [0.1, 0.15) is 10.1 Å². The van der Waals surface area contributed by atoms with Crippen molar-refractivity contribution in [2.75, 3.05) is 13.7 Å². The Morgan fingerprint density at radius 1 is 1.38 bits per heavy atom. The molecule has 1 saturated heterocycles. The zero-order valence-corrected chi connectivity index (χ0v) is 13.2. The average Bonchev–Trinajstić information content (AvgIpc) is 2.76. The number of carbonyl (C=O) groups is 1. The number of thioether (sulfide) groups is 1. The Balaban J connectivity index is 2.06. The molecule has 108 valence electrons. The van der Waals surface area contributed by atoms with E-state index in [1.165, 1.54) is 11.8 Å². The van der Waals surface area contributed by atoms with E-state index in [0.29, 0.717) is 15.8 Å². The van der Waals surface area contributed by atoms with Gasteiger partial charge < -0.3 is 4.74 Å². The van der Waals surface area contributed by atoms with Crippen molar-refractivity contribution in [1.29, 1.82) is 0 Å². The molecule has 0 N–H and O–H groups in total. The maximum Gasteiger partial charge on any atom is 0.266 e. The molecule has 0 spiro atoms. The summed E-state index contributed by atoms with van der Waals surface area (Å²) in [5, 5.41) is 0. The summed E-state index contributed by atoms with van der Waals surface area (Å²) < 4.78 is 5.68. The van der Waals surface area contributed by atoms with Gasteiger partial charge in [-0.1, -0.05) is 54.3 Å². The van der Waals surface area contributed by atoms with Crippen LogP contribution in [0.3, 0.4) is 0 Å². The third-order valence-corrected chi connectivity index (χ3v) is 4.23. The van der Waals surface area contributed by atoms with Crippen LogP contribution in [-0.4, -0.2) is 28.8 Å². The molecule has 1 aromatic carbocycles. The van der Waals surface area contributed by atoms with Crippen LogP contribution in [-0.2, 0) is 4.79 Å². The summed E-state index contributed by atoms with van der Waals surface area (Å²) in [7, 11) is 1.64. The summed E-state index contributed by atoms with van der Waals surface area (Å²) in [6, 6.07) is 7.69. The first kappa shape index (κ1) is 15.5. The van der Waals surface area contributed by atoms with Crippen LogP contribution in [0.1, 0.15) is 5.56 Å². The molecule has 0 unspecified atom stereocenters. The van der Waals surface area contributed by atoms with Gasteiger partial charge in [0.2, 0.25) is 0 Å². The predicted molar refractivity (Wildman–Crippen MR) is 92.2 cm³/mol. The van der Waals surface area contributed by atoms with Crippen molar-refractivity contribution in [3.8, 4) is 5.75 Å². The molecule has 1 amide bonds. The van der Waals surface area contributed by atoms with E-state index in [4.69, 9.17) is 17.0 Å². The number of nitrogens with zero attached hydrogens (tertiary/aromatic N) is 1. The van der Waals surface area contributed by atoms with Crippen LogP contribution in [0.15, 0.2) is 54.0 Å². The Morgan fingerprint density at radius 2 is 2.10 bits per heavy atom. The van der Waals surface area contributed by atoms with E-state index < -0.39 is 0 Å². The van der Waals surface area contributed by atoms with Gasteiger partial charge >= 0.3 is 0 Å². The Labute approximate surface area is 134 Å². The number of amides is 1. The van der Waals surface area contributed by atoms with Crippen molar-refractivity contribution in [1.82, 2.24) is 4.90 Å². The maximum atomic E-state index is 12.1. The summed E-state index contributed by atoms with van der Waals surface area (Å²) in [6.45, 7) is 4.08. The van der Waals surface area contributed by atoms with Crippen LogP contribution in [0.25, 0.3) is 6.08 Å². The molecule has 3 nitrogen and oxygen atoms in total. The zero-order valence-electron chi connectivity index (χ0n) is 11.6. The molecule has 0 atom stereocenters. The van der Waals surface area contributed by atoms with E-state index in [0.717, 1.165) is 11.3 Å². The molecule has 0 aliphatic carbocycles. The third-order valence-electron chi connectivity index (χ3n) is 2.84. The van der Waals surface area contributed by atoms with Crippen LogP contribution >= 0.6 is 24.0 Å². The Kier molecular flexibility index (Phi) is 5.36. The first-order valence-corrected chi connectivity index (χ1v) is 7.55. The van der Waals surface area contributed by atoms with Gasteiger partial charge in [-0.2, -0.15) is 0 Å². The lowest BCUT2D eigenvalue weighted by Gasteiger charge is -2.10. The fourth-order valence-electron chi connectivity index (χ4n) is 1.76. The number of hydrogen-bond acceptors (Lipinski definition) is 4. The zero-order chi connectivity index (χ0) is 15.2.